The summed E-state index contributed by atoms with van der Waals surface area (Å²) in [5.74, 6) is 1.05. The topological polar surface area (TPSA) is 58.4 Å². The zero-order valence-corrected chi connectivity index (χ0v) is 16.6. The molecule has 154 valence electrons. The number of alkyl halides is 3. The maximum atomic E-state index is 13.6. The Morgan fingerprint density at radius 3 is 2.69 bits per heavy atom. The first-order valence-electron chi connectivity index (χ1n) is 9.02. The SMILES string of the molecule is COc1cccc(-c2cc(C(F)(F)F)c(C#N)c(SCCN3CCOCC3)n2)c1. The molecule has 0 saturated carbocycles. The maximum Gasteiger partial charge on any atom is 0.417 e. The van der Waals surface area contributed by atoms with Gasteiger partial charge in [0, 0.05) is 31.0 Å². The fourth-order valence-corrected chi connectivity index (χ4v) is 3.99. The minimum Gasteiger partial charge on any atom is -0.497 e. The smallest absolute Gasteiger partial charge is 0.417 e. The van der Waals surface area contributed by atoms with Crippen molar-refractivity contribution in [2.45, 2.75) is 11.2 Å². The molecular weight excluding hydrogens is 403 g/mol. The van der Waals surface area contributed by atoms with Crippen LogP contribution in [0.2, 0.25) is 0 Å². The number of hydrogen-bond acceptors (Lipinski definition) is 6. The summed E-state index contributed by atoms with van der Waals surface area (Å²) in [7, 11) is 1.49. The van der Waals surface area contributed by atoms with Crippen LogP contribution in [0.25, 0.3) is 11.3 Å². The van der Waals surface area contributed by atoms with Crippen LogP contribution in [-0.2, 0) is 10.9 Å². The number of morpholine rings is 1. The van der Waals surface area contributed by atoms with Gasteiger partial charge in [0.25, 0.3) is 0 Å². The van der Waals surface area contributed by atoms with Gasteiger partial charge in [0.15, 0.2) is 0 Å². The van der Waals surface area contributed by atoms with Gasteiger partial charge in [-0.2, -0.15) is 18.4 Å². The van der Waals surface area contributed by atoms with Gasteiger partial charge < -0.3 is 9.47 Å². The lowest BCUT2D eigenvalue weighted by Crippen LogP contribution is -2.37. The predicted octanol–water partition coefficient (Wildman–Crippen LogP) is 4.07. The van der Waals surface area contributed by atoms with Crippen LogP contribution < -0.4 is 4.74 Å². The zero-order chi connectivity index (χ0) is 20.9. The molecule has 0 atom stereocenters. The minimum atomic E-state index is -4.65. The van der Waals surface area contributed by atoms with Crippen molar-refractivity contribution in [1.82, 2.24) is 9.88 Å². The van der Waals surface area contributed by atoms with Crippen LogP contribution in [0.5, 0.6) is 5.75 Å². The highest BCUT2D eigenvalue weighted by molar-refractivity contribution is 7.99. The highest BCUT2D eigenvalue weighted by atomic mass is 32.2. The van der Waals surface area contributed by atoms with E-state index in [9.17, 15) is 18.4 Å². The molecule has 1 fully saturated rings. The molecule has 5 nitrogen and oxygen atoms in total. The number of aromatic nitrogens is 1. The van der Waals surface area contributed by atoms with E-state index in [0.29, 0.717) is 36.8 Å². The van der Waals surface area contributed by atoms with Crippen LogP contribution in [-0.4, -0.2) is 55.6 Å². The van der Waals surface area contributed by atoms with Crippen LogP contribution in [0.4, 0.5) is 13.2 Å². The molecule has 29 heavy (non-hydrogen) atoms. The average Bonchev–Trinajstić information content (AvgIpc) is 2.73. The molecule has 0 bridgehead atoms. The average molecular weight is 423 g/mol. The van der Waals surface area contributed by atoms with E-state index >= 15 is 0 Å². The highest BCUT2D eigenvalue weighted by Crippen LogP contribution is 2.38. The van der Waals surface area contributed by atoms with E-state index < -0.39 is 17.3 Å². The molecule has 2 aromatic rings. The number of halogens is 3. The lowest BCUT2D eigenvalue weighted by Gasteiger charge is -2.26. The molecule has 1 aliphatic heterocycles. The third-order valence-electron chi connectivity index (χ3n) is 4.52. The summed E-state index contributed by atoms with van der Waals surface area (Å²) in [5.41, 5.74) is -0.753. The van der Waals surface area contributed by atoms with Gasteiger partial charge in [0.1, 0.15) is 16.8 Å². The molecule has 0 N–H and O–H groups in total. The van der Waals surface area contributed by atoms with Gasteiger partial charge in [-0.3, -0.25) is 4.90 Å². The van der Waals surface area contributed by atoms with Gasteiger partial charge in [0.2, 0.25) is 0 Å². The summed E-state index contributed by atoms with van der Waals surface area (Å²) in [6.07, 6.45) is -4.65. The van der Waals surface area contributed by atoms with Crippen molar-refractivity contribution in [1.29, 1.82) is 5.26 Å². The maximum absolute atomic E-state index is 13.6. The molecule has 1 saturated heterocycles. The Hall–Kier alpha value is -2.28. The summed E-state index contributed by atoms with van der Waals surface area (Å²) in [5, 5.41) is 9.50. The van der Waals surface area contributed by atoms with E-state index in [1.807, 2.05) is 0 Å². The van der Waals surface area contributed by atoms with E-state index in [1.165, 1.54) is 18.9 Å². The Morgan fingerprint density at radius 1 is 1.28 bits per heavy atom. The Morgan fingerprint density at radius 2 is 2.03 bits per heavy atom. The molecule has 0 amide bonds. The first kappa shape index (κ1) is 21.4. The monoisotopic (exact) mass is 423 g/mol. The largest absolute Gasteiger partial charge is 0.497 e. The number of ether oxygens (including phenoxy) is 2. The van der Waals surface area contributed by atoms with Gasteiger partial charge in [-0.25, -0.2) is 4.98 Å². The number of nitriles is 1. The number of rotatable bonds is 6. The predicted molar refractivity (Wildman–Crippen MR) is 104 cm³/mol. The number of thioether (sulfide) groups is 1. The number of nitrogens with zero attached hydrogens (tertiary/aromatic N) is 3. The second kappa shape index (κ2) is 9.48. The fraction of sp³-hybridized carbons (Fsp3) is 0.400. The second-order valence-corrected chi connectivity index (χ2v) is 7.46. The summed E-state index contributed by atoms with van der Waals surface area (Å²) in [6, 6.07) is 9.31. The quantitative estimate of drug-likeness (QED) is 0.653. The summed E-state index contributed by atoms with van der Waals surface area (Å²) >= 11 is 1.17. The molecule has 1 aromatic heterocycles. The molecule has 3 rings (SSSR count). The number of hydrogen-bond donors (Lipinski definition) is 0. The molecular formula is C20H20F3N3O2S. The fourth-order valence-electron chi connectivity index (χ4n) is 2.98. The Balaban J connectivity index is 1.93. The van der Waals surface area contributed by atoms with E-state index in [-0.39, 0.29) is 10.7 Å². The molecule has 2 heterocycles. The van der Waals surface area contributed by atoms with Crippen molar-refractivity contribution in [2.24, 2.45) is 0 Å². The molecule has 1 aromatic carbocycles. The summed E-state index contributed by atoms with van der Waals surface area (Å²) in [4.78, 5) is 6.57. The Kier molecular flexibility index (Phi) is 7.00. The molecule has 0 spiro atoms. The van der Waals surface area contributed by atoms with Gasteiger partial charge in [0.05, 0.1) is 37.1 Å². The molecule has 0 radical (unpaired) electrons. The van der Waals surface area contributed by atoms with Crippen molar-refractivity contribution >= 4 is 11.8 Å². The minimum absolute atomic E-state index is 0.0911. The van der Waals surface area contributed by atoms with E-state index in [1.54, 1.807) is 30.3 Å². The van der Waals surface area contributed by atoms with Crippen molar-refractivity contribution in [2.75, 3.05) is 45.7 Å². The first-order valence-corrected chi connectivity index (χ1v) is 10.0. The van der Waals surface area contributed by atoms with Crippen LogP contribution in [0.1, 0.15) is 11.1 Å². The molecule has 0 unspecified atom stereocenters. The Bertz CT molecular complexity index is 894. The van der Waals surface area contributed by atoms with Crippen molar-refractivity contribution in [3.8, 4) is 23.1 Å². The number of methoxy groups -OCH3 is 1. The van der Waals surface area contributed by atoms with Crippen LogP contribution >= 0.6 is 11.8 Å². The van der Waals surface area contributed by atoms with Crippen molar-refractivity contribution < 1.29 is 22.6 Å². The van der Waals surface area contributed by atoms with E-state index in [0.717, 1.165) is 19.2 Å². The number of benzene rings is 1. The molecule has 1 aliphatic rings. The van der Waals surface area contributed by atoms with Crippen LogP contribution in [0.3, 0.4) is 0 Å². The standard InChI is InChI=1S/C20H20F3N3O2S/c1-27-15-4-2-3-14(11-15)18-12-17(20(21,22)23)16(13-24)19(25-18)29-10-7-26-5-8-28-9-6-26/h2-4,11-12H,5-10H2,1H3. The van der Waals surface area contributed by atoms with Gasteiger partial charge in [-0.1, -0.05) is 12.1 Å². The first-order chi connectivity index (χ1) is 13.9. The van der Waals surface area contributed by atoms with Crippen LogP contribution in [0.15, 0.2) is 35.4 Å². The van der Waals surface area contributed by atoms with Gasteiger partial charge in [-0.15, -0.1) is 11.8 Å². The lowest BCUT2D eigenvalue weighted by molar-refractivity contribution is -0.138. The highest BCUT2D eigenvalue weighted by Gasteiger charge is 2.36. The van der Waals surface area contributed by atoms with Crippen molar-refractivity contribution in [3.05, 3.63) is 41.5 Å². The third-order valence-corrected chi connectivity index (χ3v) is 5.47. The van der Waals surface area contributed by atoms with Gasteiger partial charge in [-0.05, 0) is 18.2 Å². The van der Waals surface area contributed by atoms with Gasteiger partial charge >= 0.3 is 6.18 Å². The third kappa shape index (κ3) is 5.41. The number of pyridine rings is 1. The lowest BCUT2D eigenvalue weighted by atomic mass is 10.1. The van der Waals surface area contributed by atoms with Crippen LogP contribution in [0, 0.1) is 11.3 Å². The second-order valence-electron chi connectivity index (χ2n) is 6.38. The van der Waals surface area contributed by atoms with Crippen molar-refractivity contribution in [3.63, 3.8) is 0 Å². The van der Waals surface area contributed by atoms with E-state index in [2.05, 4.69) is 9.88 Å². The normalized spacial score (nSPS) is 15.1. The Labute approximate surface area is 171 Å². The van der Waals surface area contributed by atoms with E-state index in [4.69, 9.17) is 9.47 Å². The summed E-state index contributed by atoms with van der Waals surface area (Å²) < 4.78 is 51.4. The summed E-state index contributed by atoms with van der Waals surface area (Å²) in [6.45, 7) is 3.56. The zero-order valence-electron chi connectivity index (χ0n) is 15.8. The molecule has 0 aliphatic carbocycles. The molecule has 9 heteroatoms.